The van der Waals surface area contributed by atoms with Gasteiger partial charge in [0.15, 0.2) is 0 Å². The molecule has 1 saturated carbocycles. The maximum atomic E-state index is 11.7. The van der Waals surface area contributed by atoms with Gasteiger partial charge in [0.1, 0.15) is 11.4 Å². The fourth-order valence-corrected chi connectivity index (χ4v) is 4.12. The number of aryl methyl sites for hydroxylation is 1. The van der Waals surface area contributed by atoms with Crippen molar-refractivity contribution in [3.8, 4) is 6.07 Å². The van der Waals surface area contributed by atoms with Crippen molar-refractivity contribution in [2.24, 2.45) is 0 Å². The Kier molecular flexibility index (Phi) is 3.25. The minimum atomic E-state index is -1.27. The molecule has 5 rings (SSSR count). The van der Waals surface area contributed by atoms with Crippen molar-refractivity contribution in [3.05, 3.63) is 64.6 Å². The number of hydrogen-bond acceptors (Lipinski definition) is 3. The summed E-state index contributed by atoms with van der Waals surface area (Å²) in [5.74, 6) is 1.000. The molecule has 4 aromatic rings. The number of imidazole rings is 1. The van der Waals surface area contributed by atoms with Crippen molar-refractivity contribution in [2.45, 2.75) is 38.2 Å². The monoisotopic (exact) mass is 356 g/mol. The number of rotatable bonds is 3. The van der Waals surface area contributed by atoms with Gasteiger partial charge < -0.3 is 15.1 Å². The van der Waals surface area contributed by atoms with E-state index < -0.39 is 5.60 Å². The average molecular weight is 356 g/mol. The molecule has 1 atom stereocenters. The maximum absolute atomic E-state index is 11.7. The first-order chi connectivity index (χ1) is 13.0. The van der Waals surface area contributed by atoms with Gasteiger partial charge >= 0.3 is 0 Å². The second-order valence-corrected chi connectivity index (χ2v) is 7.70. The van der Waals surface area contributed by atoms with Gasteiger partial charge in [-0.2, -0.15) is 5.26 Å². The molecule has 1 aliphatic rings. The topological polar surface area (TPSA) is 88.5 Å². The number of nitrogens with zero attached hydrogens (tertiary/aromatic N) is 2. The Morgan fingerprint density at radius 2 is 2.07 bits per heavy atom. The normalized spacial score (nSPS) is 16.5. The van der Waals surface area contributed by atoms with Crippen LogP contribution in [0.25, 0.3) is 21.9 Å². The molecule has 2 aromatic heterocycles. The second kappa shape index (κ2) is 5.45. The molecule has 1 fully saturated rings. The minimum absolute atomic E-state index is 0.499. The van der Waals surface area contributed by atoms with Gasteiger partial charge in [-0.05, 0) is 68.0 Å². The van der Waals surface area contributed by atoms with Crippen LogP contribution < -0.4 is 0 Å². The number of fused-ring (bicyclic) bond motifs is 2. The van der Waals surface area contributed by atoms with Crippen molar-refractivity contribution in [3.63, 3.8) is 0 Å². The molecule has 1 unspecified atom stereocenters. The van der Waals surface area contributed by atoms with Crippen LogP contribution in [-0.2, 0) is 5.60 Å². The largest absolute Gasteiger partial charge is 0.377 e. The summed E-state index contributed by atoms with van der Waals surface area (Å²) in [5.41, 5.74) is 5.18. The molecule has 0 saturated heterocycles. The fraction of sp³-hybridized carbons (Fsp3) is 0.273. The number of H-pyrrole nitrogens is 2. The summed E-state index contributed by atoms with van der Waals surface area (Å²) in [6, 6.07) is 11.7. The molecular formula is C22H20N4O. The van der Waals surface area contributed by atoms with Crippen molar-refractivity contribution < 1.29 is 5.11 Å². The molecule has 2 aromatic carbocycles. The lowest BCUT2D eigenvalue weighted by molar-refractivity contribution is 0.0941. The molecule has 27 heavy (non-hydrogen) atoms. The van der Waals surface area contributed by atoms with Crippen molar-refractivity contribution in [1.29, 1.82) is 5.26 Å². The molecule has 0 radical (unpaired) electrons. The predicted octanol–water partition coefficient (Wildman–Crippen LogP) is 4.36. The van der Waals surface area contributed by atoms with Gasteiger partial charge in [0.25, 0.3) is 0 Å². The third kappa shape index (κ3) is 2.37. The molecular weight excluding hydrogens is 336 g/mol. The number of aliphatic hydroxyl groups is 1. The number of benzene rings is 2. The standard InChI is InChI=1S/C22H20N4O/c1-12-9-16(14-4-5-14)19(15-7-8-24-20(12)15)22(2,27)21-25-17-6-3-13(11-23)10-18(17)26-21/h3,6-10,14,24,27H,4-5H2,1-2H3,(H,25,26). The zero-order valence-corrected chi connectivity index (χ0v) is 15.3. The first-order valence-electron chi connectivity index (χ1n) is 9.23. The highest BCUT2D eigenvalue weighted by Crippen LogP contribution is 2.48. The van der Waals surface area contributed by atoms with E-state index in [0.29, 0.717) is 22.8 Å². The van der Waals surface area contributed by atoms with Crippen LogP contribution >= 0.6 is 0 Å². The van der Waals surface area contributed by atoms with Crippen LogP contribution in [0.15, 0.2) is 36.5 Å². The van der Waals surface area contributed by atoms with Crippen molar-refractivity contribution in [1.82, 2.24) is 15.0 Å². The molecule has 3 N–H and O–H groups in total. The van der Waals surface area contributed by atoms with E-state index in [0.717, 1.165) is 34.8 Å². The molecule has 134 valence electrons. The Bertz CT molecular complexity index is 1230. The predicted molar refractivity (Wildman–Crippen MR) is 104 cm³/mol. The molecule has 0 bridgehead atoms. The van der Waals surface area contributed by atoms with E-state index in [9.17, 15) is 5.11 Å². The minimum Gasteiger partial charge on any atom is -0.377 e. The summed E-state index contributed by atoms with van der Waals surface area (Å²) >= 11 is 0. The molecule has 5 nitrogen and oxygen atoms in total. The van der Waals surface area contributed by atoms with Gasteiger partial charge in [-0.25, -0.2) is 4.98 Å². The van der Waals surface area contributed by atoms with E-state index in [-0.39, 0.29) is 0 Å². The lowest BCUT2D eigenvalue weighted by atomic mass is 9.85. The van der Waals surface area contributed by atoms with E-state index in [1.165, 1.54) is 11.1 Å². The SMILES string of the molecule is Cc1cc(C2CC2)c(C(C)(O)c2nc3cc(C#N)ccc3[nH]2)c2cc[nH]c12. The Morgan fingerprint density at radius 1 is 1.26 bits per heavy atom. The summed E-state index contributed by atoms with van der Waals surface area (Å²) < 4.78 is 0. The van der Waals surface area contributed by atoms with Gasteiger partial charge in [0.2, 0.25) is 0 Å². The Morgan fingerprint density at radius 3 is 2.81 bits per heavy atom. The summed E-state index contributed by atoms with van der Waals surface area (Å²) in [7, 11) is 0. The summed E-state index contributed by atoms with van der Waals surface area (Å²) in [6.45, 7) is 3.91. The Balaban J connectivity index is 1.76. The van der Waals surface area contributed by atoms with Crippen LogP contribution in [0, 0.1) is 18.3 Å². The van der Waals surface area contributed by atoms with Gasteiger partial charge in [-0.3, -0.25) is 0 Å². The average Bonchev–Trinajstić information content (AvgIpc) is 3.21. The molecule has 0 spiro atoms. The van der Waals surface area contributed by atoms with Gasteiger partial charge in [0.05, 0.1) is 22.7 Å². The van der Waals surface area contributed by atoms with Gasteiger partial charge in [-0.1, -0.05) is 6.07 Å². The molecule has 5 heteroatoms. The first-order valence-corrected chi connectivity index (χ1v) is 9.23. The lowest BCUT2D eigenvalue weighted by Crippen LogP contribution is -2.26. The molecule has 2 heterocycles. The van der Waals surface area contributed by atoms with E-state index in [4.69, 9.17) is 5.26 Å². The van der Waals surface area contributed by atoms with Gasteiger partial charge in [-0.15, -0.1) is 0 Å². The highest BCUT2D eigenvalue weighted by Gasteiger charge is 2.38. The van der Waals surface area contributed by atoms with E-state index in [2.05, 4.69) is 34.0 Å². The smallest absolute Gasteiger partial charge is 0.145 e. The summed E-state index contributed by atoms with van der Waals surface area (Å²) in [6.07, 6.45) is 4.24. The molecule has 0 amide bonds. The fourth-order valence-electron chi connectivity index (χ4n) is 4.12. The number of nitrogens with one attached hydrogen (secondary N) is 2. The van der Waals surface area contributed by atoms with E-state index in [1.54, 1.807) is 19.1 Å². The zero-order chi connectivity index (χ0) is 18.8. The maximum Gasteiger partial charge on any atom is 0.145 e. The molecule has 0 aliphatic heterocycles. The van der Waals surface area contributed by atoms with Crippen LogP contribution in [0.2, 0.25) is 0 Å². The third-order valence-corrected chi connectivity index (χ3v) is 5.65. The van der Waals surface area contributed by atoms with Crippen LogP contribution in [0.4, 0.5) is 0 Å². The Labute approximate surface area is 156 Å². The highest BCUT2D eigenvalue weighted by molar-refractivity contribution is 5.89. The van der Waals surface area contributed by atoms with Crippen molar-refractivity contribution >= 4 is 21.9 Å². The number of nitriles is 1. The summed E-state index contributed by atoms with van der Waals surface area (Å²) in [5, 5.41) is 21.8. The molecule has 1 aliphatic carbocycles. The first kappa shape index (κ1) is 16.1. The van der Waals surface area contributed by atoms with Crippen LogP contribution in [0.3, 0.4) is 0 Å². The van der Waals surface area contributed by atoms with Crippen LogP contribution in [0.5, 0.6) is 0 Å². The van der Waals surface area contributed by atoms with Crippen LogP contribution in [0.1, 0.15) is 53.8 Å². The number of aromatic amines is 2. The highest BCUT2D eigenvalue weighted by atomic mass is 16.3. The van der Waals surface area contributed by atoms with Crippen LogP contribution in [-0.4, -0.2) is 20.1 Å². The third-order valence-electron chi connectivity index (χ3n) is 5.65. The van der Waals surface area contributed by atoms with Crippen molar-refractivity contribution in [2.75, 3.05) is 0 Å². The lowest BCUT2D eigenvalue weighted by Gasteiger charge is -2.26. The second-order valence-electron chi connectivity index (χ2n) is 7.70. The summed E-state index contributed by atoms with van der Waals surface area (Å²) in [4.78, 5) is 11.2. The zero-order valence-electron chi connectivity index (χ0n) is 15.3. The van der Waals surface area contributed by atoms with E-state index in [1.807, 2.05) is 18.3 Å². The number of hydrogen-bond donors (Lipinski definition) is 3. The van der Waals surface area contributed by atoms with Gasteiger partial charge in [0, 0.05) is 22.7 Å². The number of aromatic nitrogens is 3. The quantitative estimate of drug-likeness (QED) is 0.510. The van der Waals surface area contributed by atoms with E-state index >= 15 is 0 Å². The Hall–Kier alpha value is -3.10.